The molecule has 70 valence electrons. The third-order valence-corrected chi connectivity index (χ3v) is 0.483. The summed E-state index contributed by atoms with van der Waals surface area (Å²) < 4.78 is 0. The highest BCUT2D eigenvalue weighted by atomic mass is 15.1. The Morgan fingerprint density at radius 1 is 0.833 bits per heavy atom. The van der Waals surface area contributed by atoms with Crippen molar-refractivity contribution in [1.82, 2.24) is 10.2 Å². The van der Waals surface area contributed by atoms with E-state index < -0.39 is 0 Å². The molecule has 0 aliphatic heterocycles. The lowest BCUT2D eigenvalue weighted by Gasteiger charge is -1.79. The van der Waals surface area contributed by atoms with Crippen LogP contribution in [0.4, 0.5) is 0 Å². The highest BCUT2D eigenvalue weighted by Crippen LogP contribution is 1.81. The summed E-state index contributed by atoms with van der Waals surface area (Å²) in [6, 6.07) is 3.65. The summed E-state index contributed by atoms with van der Waals surface area (Å²) >= 11 is 0. The lowest BCUT2D eigenvalue weighted by Crippen LogP contribution is -1.69. The maximum absolute atomic E-state index is 3.53. The van der Waals surface area contributed by atoms with Crippen molar-refractivity contribution in [2.75, 3.05) is 0 Å². The van der Waals surface area contributed by atoms with Gasteiger partial charge in [-0.1, -0.05) is 34.6 Å². The number of hydrogen-bond acceptors (Lipinski definition) is 2. The Kier molecular flexibility index (Phi) is 14.5. The van der Waals surface area contributed by atoms with Crippen molar-refractivity contribution < 1.29 is 0 Å². The van der Waals surface area contributed by atoms with Gasteiger partial charge in [-0.3, -0.25) is 0 Å². The van der Waals surface area contributed by atoms with Crippen molar-refractivity contribution in [3.63, 3.8) is 0 Å². The van der Waals surface area contributed by atoms with Gasteiger partial charge in [0.2, 0.25) is 0 Å². The second-order valence-corrected chi connectivity index (χ2v) is 2.65. The minimum absolute atomic E-state index is 0.833. The predicted octanol–water partition coefficient (Wildman–Crippen LogP) is 3.17. The van der Waals surface area contributed by atoms with Gasteiger partial charge in [-0.15, -0.1) is 0 Å². The van der Waals surface area contributed by atoms with Crippen molar-refractivity contribution in [1.29, 1.82) is 0 Å². The zero-order valence-corrected chi connectivity index (χ0v) is 8.78. The molecule has 0 N–H and O–H groups in total. The highest BCUT2D eigenvalue weighted by molar-refractivity contribution is 4.79. The van der Waals surface area contributed by atoms with Crippen LogP contribution in [0.2, 0.25) is 0 Å². The Balaban J connectivity index is 0. The minimum atomic E-state index is 0.833. The molecule has 0 atom stereocenters. The van der Waals surface area contributed by atoms with Gasteiger partial charge in [-0.2, -0.15) is 10.2 Å². The zero-order chi connectivity index (χ0) is 9.82. The fraction of sp³-hybridized carbons (Fsp3) is 0.600. The first-order chi connectivity index (χ1) is 5.73. The zero-order valence-electron chi connectivity index (χ0n) is 8.78. The van der Waals surface area contributed by atoms with Crippen LogP contribution in [0.15, 0.2) is 24.5 Å². The lowest BCUT2D eigenvalue weighted by atomic mass is 10.3. The van der Waals surface area contributed by atoms with E-state index in [9.17, 15) is 0 Å². The topological polar surface area (TPSA) is 25.8 Å². The lowest BCUT2D eigenvalue weighted by molar-refractivity contribution is 0.737. The summed E-state index contributed by atoms with van der Waals surface area (Å²) in [4.78, 5) is 0. The van der Waals surface area contributed by atoms with Gasteiger partial charge in [0.15, 0.2) is 0 Å². The Bertz CT molecular complexity index is 108. The fourth-order valence-corrected chi connectivity index (χ4v) is 0.253. The molecule has 12 heavy (non-hydrogen) atoms. The van der Waals surface area contributed by atoms with Crippen molar-refractivity contribution in [3.05, 3.63) is 24.5 Å². The molecular formula is C10H20N2. The second kappa shape index (κ2) is 12.7. The van der Waals surface area contributed by atoms with Crippen LogP contribution >= 0.6 is 0 Å². The highest BCUT2D eigenvalue weighted by Gasteiger charge is 1.68. The molecule has 0 saturated heterocycles. The third-order valence-electron chi connectivity index (χ3n) is 0.483. The van der Waals surface area contributed by atoms with E-state index in [1.807, 2.05) is 26.0 Å². The predicted molar refractivity (Wildman–Crippen MR) is 53.9 cm³/mol. The second-order valence-electron chi connectivity index (χ2n) is 2.65. The maximum atomic E-state index is 3.53. The van der Waals surface area contributed by atoms with E-state index in [1.54, 1.807) is 12.4 Å². The van der Waals surface area contributed by atoms with Crippen LogP contribution in [-0.4, -0.2) is 10.2 Å². The number of nitrogens with zero attached hydrogens (tertiary/aromatic N) is 2. The Hall–Kier alpha value is -0.920. The van der Waals surface area contributed by atoms with Crippen LogP contribution in [0.1, 0.15) is 34.6 Å². The molecule has 0 saturated carbocycles. The third kappa shape index (κ3) is 23.0. The van der Waals surface area contributed by atoms with Gasteiger partial charge >= 0.3 is 0 Å². The molecule has 2 heteroatoms. The van der Waals surface area contributed by atoms with E-state index in [-0.39, 0.29) is 0 Å². The Morgan fingerprint density at radius 3 is 1.17 bits per heavy atom. The molecule has 0 aliphatic carbocycles. The van der Waals surface area contributed by atoms with E-state index in [1.165, 1.54) is 0 Å². The van der Waals surface area contributed by atoms with E-state index >= 15 is 0 Å². The average Bonchev–Trinajstić information content (AvgIpc) is 2.10. The van der Waals surface area contributed by atoms with Crippen LogP contribution in [0.25, 0.3) is 0 Å². The van der Waals surface area contributed by atoms with E-state index in [2.05, 4.69) is 31.0 Å². The van der Waals surface area contributed by atoms with Crippen molar-refractivity contribution in [2.24, 2.45) is 5.92 Å². The van der Waals surface area contributed by atoms with Crippen molar-refractivity contribution >= 4 is 0 Å². The van der Waals surface area contributed by atoms with Crippen LogP contribution in [0, 0.1) is 5.92 Å². The molecule has 0 amide bonds. The van der Waals surface area contributed by atoms with Gasteiger partial charge in [0.25, 0.3) is 0 Å². The van der Waals surface area contributed by atoms with Gasteiger partial charge in [-0.25, -0.2) is 0 Å². The number of rotatable bonds is 0. The monoisotopic (exact) mass is 168 g/mol. The molecule has 0 radical (unpaired) electrons. The van der Waals surface area contributed by atoms with Gasteiger partial charge in [0.1, 0.15) is 0 Å². The van der Waals surface area contributed by atoms with Gasteiger partial charge in [-0.05, 0) is 18.1 Å². The smallest absolute Gasteiger partial charge is 0.0496 e. The molecule has 1 rings (SSSR count). The van der Waals surface area contributed by atoms with E-state index in [0.29, 0.717) is 0 Å². The summed E-state index contributed by atoms with van der Waals surface area (Å²) in [7, 11) is 0. The molecule has 0 aliphatic rings. The van der Waals surface area contributed by atoms with Gasteiger partial charge < -0.3 is 0 Å². The largest absolute Gasteiger partial charge is 0.159 e. The van der Waals surface area contributed by atoms with Crippen LogP contribution in [0.3, 0.4) is 0 Å². The Labute approximate surface area is 76.0 Å². The molecular weight excluding hydrogens is 148 g/mol. The van der Waals surface area contributed by atoms with E-state index in [4.69, 9.17) is 0 Å². The molecule has 0 spiro atoms. The average molecular weight is 168 g/mol. The van der Waals surface area contributed by atoms with Crippen LogP contribution in [0.5, 0.6) is 0 Å². The molecule has 1 aromatic rings. The van der Waals surface area contributed by atoms with Crippen LogP contribution in [-0.2, 0) is 0 Å². The summed E-state index contributed by atoms with van der Waals surface area (Å²) in [6.07, 6.45) is 3.28. The normalized spacial score (nSPS) is 7.50. The minimum Gasteiger partial charge on any atom is -0.159 e. The Morgan fingerprint density at radius 2 is 1.08 bits per heavy atom. The summed E-state index contributed by atoms with van der Waals surface area (Å²) in [5.41, 5.74) is 0. The standard InChI is InChI=1S/C4H4N2.C4H10.C2H6/c1-2-4-6-5-3-1;1-4(2)3;1-2/h1-4H;4H,1-3H3;1-2H3. The molecule has 0 aromatic carbocycles. The first kappa shape index (κ1) is 13.7. The molecule has 0 unspecified atom stereocenters. The maximum Gasteiger partial charge on any atom is 0.0496 e. The number of hydrogen-bond donors (Lipinski definition) is 0. The van der Waals surface area contributed by atoms with E-state index in [0.717, 1.165) is 5.92 Å². The summed E-state index contributed by atoms with van der Waals surface area (Å²) in [6.45, 7) is 10.5. The molecule has 1 aromatic heterocycles. The van der Waals surface area contributed by atoms with Crippen LogP contribution < -0.4 is 0 Å². The first-order valence-electron chi connectivity index (χ1n) is 4.45. The van der Waals surface area contributed by atoms with Crippen molar-refractivity contribution in [2.45, 2.75) is 34.6 Å². The molecule has 2 nitrogen and oxygen atoms in total. The summed E-state index contributed by atoms with van der Waals surface area (Å²) in [5.74, 6) is 0.833. The summed E-state index contributed by atoms with van der Waals surface area (Å²) in [5, 5.41) is 7.07. The first-order valence-corrected chi connectivity index (χ1v) is 4.45. The van der Waals surface area contributed by atoms with Gasteiger partial charge in [0, 0.05) is 12.4 Å². The van der Waals surface area contributed by atoms with Gasteiger partial charge in [0.05, 0.1) is 0 Å². The fourth-order valence-electron chi connectivity index (χ4n) is 0.253. The molecule has 0 bridgehead atoms. The number of aromatic nitrogens is 2. The van der Waals surface area contributed by atoms with Crippen molar-refractivity contribution in [3.8, 4) is 0 Å². The molecule has 1 heterocycles. The quantitative estimate of drug-likeness (QED) is 0.594. The SMILES string of the molecule is CC.CC(C)C.c1ccnnc1. The molecule has 0 fully saturated rings.